The van der Waals surface area contributed by atoms with Gasteiger partial charge in [-0.3, -0.25) is 33.8 Å². The van der Waals surface area contributed by atoms with Crippen LogP contribution in [0.15, 0.2) is 97.1 Å². The maximum atomic E-state index is 13.2. The van der Waals surface area contributed by atoms with Gasteiger partial charge in [0.25, 0.3) is 0 Å². The van der Waals surface area contributed by atoms with E-state index in [4.69, 9.17) is 4.74 Å². The monoisotopic (exact) mass is 684 g/mol. The molecule has 260 valence electrons. The summed E-state index contributed by atoms with van der Waals surface area (Å²) in [7, 11) is 0. The number of carbonyl (C=O) groups is 6. The van der Waals surface area contributed by atoms with Gasteiger partial charge in [-0.2, -0.15) is 0 Å². The normalized spacial score (nSPS) is 28.7. The van der Waals surface area contributed by atoms with Gasteiger partial charge in [-0.25, -0.2) is 4.79 Å². The van der Waals surface area contributed by atoms with E-state index in [1.807, 2.05) is 39.8 Å². The molecule has 2 heterocycles. The average Bonchev–Trinajstić information content (AvgIpc) is 4.03. The lowest BCUT2D eigenvalue weighted by molar-refractivity contribution is -0.124. The van der Waals surface area contributed by atoms with Gasteiger partial charge in [0.1, 0.15) is 5.75 Å². The molecular formula is C42H40N2O7. The summed E-state index contributed by atoms with van der Waals surface area (Å²) in [4.78, 5) is 81.0. The molecule has 9 rings (SSSR count). The van der Waals surface area contributed by atoms with Crippen LogP contribution in [0.4, 0.5) is 11.4 Å². The standard InChI is InChI=1S/C38H28N2O7.2C2H6/c41-33(19-5-11-26(12-6-19)39-34(42)29-22-1-2-23(17-22)30(29)35(39)43)20-9-15-28(16-10-20)47-38(46)21-7-13-27(14-8-21)40-36(44)31-24-3-4-25(18-24)32(31)37(40)45;2*1-2/h1-16,22-25,29-32H,17-18H2;2*1-2H3. The number of imide groups is 2. The van der Waals surface area contributed by atoms with E-state index in [9.17, 15) is 28.8 Å². The first-order chi connectivity index (χ1) is 24.8. The van der Waals surface area contributed by atoms with Gasteiger partial charge in [0.2, 0.25) is 23.6 Å². The fourth-order valence-corrected chi connectivity index (χ4v) is 8.83. The van der Waals surface area contributed by atoms with Crippen LogP contribution >= 0.6 is 0 Å². The average molecular weight is 685 g/mol. The van der Waals surface area contributed by atoms with Crippen molar-refractivity contribution in [1.82, 2.24) is 0 Å². The lowest BCUT2D eigenvalue weighted by Gasteiger charge is -2.17. The molecule has 2 aliphatic heterocycles. The van der Waals surface area contributed by atoms with Crippen LogP contribution < -0.4 is 14.5 Å². The molecule has 2 saturated heterocycles. The predicted molar refractivity (Wildman–Crippen MR) is 191 cm³/mol. The van der Waals surface area contributed by atoms with E-state index in [-0.39, 0.29) is 88.1 Å². The van der Waals surface area contributed by atoms with Crippen LogP contribution in [-0.4, -0.2) is 35.4 Å². The number of nitrogens with zero attached hydrogens (tertiary/aromatic N) is 2. The highest BCUT2D eigenvalue weighted by Gasteiger charge is 2.60. The number of allylic oxidation sites excluding steroid dienone is 4. The van der Waals surface area contributed by atoms with Crippen LogP contribution in [0.3, 0.4) is 0 Å². The Hall–Kier alpha value is -5.44. The highest BCUT2D eigenvalue weighted by molar-refractivity contribution is 6.24. The molecule has 2 saturated carbocycles. The second-order valence-electron chi connectivity index (χ2n) is 13.4. The molecule has 0 radical (unpaired) electrons. The van der Waals surface area contributed by atoms with Crippen LogP contribution in [0.25, 0.3) is 0 Å². The molecule has 0 spiro atoms. The van der Waals surface area contributed by atoms with Crippen molar-refractivity contribution in [2.24, 2.45) is 47.3 Å². The fourth-order valence-electron chi connectivity index (χ4n) is 8.83. The topological polar surface area (TPSA) is 118 Å². The first kappa shape index (κ1) is 34.0. The summed E-state index contributed by atoms with van der Waals surface area (Å²) in [6.45, 7) is 8.00. The first-order valence-electron chi connectivity index (χ1n) is 18.0. The number of esters is 1. The molecule has 4 amide bonds. The van der Waals surface area contributed by atoms with E-state index in [1.165, 1.54) is 34.1 Å². The third-order valence-electron chi connectivity index (χ3n) is 11.0. The molecule has 3 aromatic rings. The molecule has 0 N–H and O–H groups in total. The first-order valence-corrected chi connectivity index (χ1v) is 18.0. The second-order valence-corrected chi connectivity index (χ2v) is 13.4. The van der Waals surface area contributed by atoms with Gasteiger partial charge < -0.3 is 4.74 Å². The Bertz CT molecular complexity index is 1920. The Morgan fingerprint density at radius 2 is 0.804 bits per heavy atom. The zero-order valence-electron chi connectivity index (χ0n) is 29.0. The van der Waals surface area contributed by atoms with Crippen molar-refractivity contribution in [3.8, 4) is 5.75 Å². The van der Waals surface area contributed by atoms with Crippen LogP contribution in [0.5, 0.6) is 5.75 Å². The number of rotatable bonds is 6. The Balaban J connectivity index is 0.000000983. The minimum atomic E-state index is -0.622. The van der Waals surface area contributed by atoms with Gasteiger partial charge >= 0.3 is 5.97 Å². The van der Waals surface area contributed by atoms with Gasteiger partial charge in [0.05, 0.1) is 40.6 Å². The van der Waals surface area contributed by atoms with Crippen molar-refractivity contribution < 1.29 is 33.5 Å². The van der Waals surface area contributed by atoms with Crippen molar-refractivity contribution in [2.75, 3.05) is 9.80 Å². The molecule has 9 nitrogen and oxygen atoms in total. The molecule has 8 atom stereocenters. The quantitative estimate of drug-likeness (QED) is 0.0920. The molecule has 3 aromatic carbocycles. The van der Waals surface area contributed by atoms with Gasteiger partial charge in [-0.05, 0) is 109 Å². The number of benzene rings is 3. The number of hydrogen-bond acceptors (Lipinski definition) is 7. The van der Waals surface area contributed by atoms with Crippen LogP contribution in [0.2, 0.25) is 0 Å². The molecule has 4 aliphatic carbocycles. The van der Waals surface area contributed by atoms with Gasteiger partial charge in [0, 0.05) is 11.1 Å². The number of amides is 4. The van der Waals surface area contributed by atoms with Crippen molar-refractivity contribution in [3.63, 3.8) is 0 Å². The van der Waals surface area contributed by atoms with E-state index in [2.05, 4.69) is 12.2 Å². The lowest BCUT2D eigenvalue weighted by atomic mass is 9.85. The molecule has 51 heavy (non-hydrogen) atoms. The molecule has 9 heteroatoms. The third kappa shape index (κ3) is 5.37. The zero-order valence-corrected chi connectivity index (χ0v) is 29.0. The zero-order chi connectivity index (χ0) is 36.1. The van der Waals surface area contributed by atoms with Crippen molar-refractivity contribution in [3.05, 3.63) is 114 Å². The van der Waals surface area contributed by atoms with Crippen LogP contribution in [-0.2, 0) is 19.2 Å². The van der Waals surface area contributed by atoms with E-state index >= 15 is 0 Å². The summed E-state index contributed by atoms with van der Waals surface area (Å²) in [5, 5.41) is 0. The van der Waals surface area contributed by atoms with Gasteiger partial charge in [-0.1, -0.05) is 52.0 Å². The Kier molecular flexibility index (Phi) is 8.91. The number of fused-ring (bicyclic) bond motifs is 10. The van der Waals surface area contributed by atoms with E-state index in [0.717, 1.165) is 12.8 Å². The summed E-state index contributed by atoms with van der Waals surface area (Å²) >= 11 is 0. The third-order valence-corrected chi connectivity index (χ3v) is 11.0. The maximum Gasteiger partial charge on any atom is 0.343 e. The minimum Gasteiger partial charge on any atom is -0.423 e. The molecule has 4 fully saturated rings. The summed E-state index contributed by atoms with van der Waals surface area (Å²) in [6.07, 6.45) is 9.93. The number of anilines is 2. The van der Waals surface area contributed by atoms with Gasteiger partial charge in [-0.15, -0.1) is 0 Å². The fraction of sp³-hybridized carbons (Fsp3) is 0.333. The highest BCUT2D eigenvalue weighted by Crippen LogP contribution is 2.54. The van der Waals surface area contributed by atoms with E-state index < -0.39 is 5.97 Å². The Labute approximate surface area is 297 Å². The minimum absolute atomic E-state index is 0.120. The Morgan fingerprint density at radius 1 is 0.490 bits per heavy atom. The molecule has 8 unspecified atom stereocenters. The summed E-state index contributed by atoms with van der Waals surface area (Å²) in [5.41, 5.74) is 1.91. The molecule has 0 aromatic heterocycles. The Morgan fingerprint density at radius 3 is 1.16 bits per heavy atom. The largest absolute Gasteiger partial charge is 0.423 e. The van der Waals surface area contributed by atoms with Crippen molar-refractivity contribution in [2.45, 2.75) is 40.5 Å². The van der Waals surface area contributed by atoms with E-state index in [0.29, 0.717) is 22.5 Å². The van der Waals surface area contributed by atoms with Crippen LogP contribution in [0, 0.1) is 47.3 Å². The summed E-state index contributed by atoms with van der Waals surface area (Å²) in [6, 6.07) is 18.8. The van der Waals surface area contributed by atoms with Crippen LogP contribution in [0.1, 0.15) is 66.8 Å². The number of ketones is 1. The van der Waals surface area contributed by atoms with Crippen molar-refractivity contribution >= 4 is 46.8 Å². The highest BCUT2D eigenvalue weighted by atomic mass is 16.5. The van der Waals surface area contributed by atoms with E-state index in [1.54, 1.807) is 48.5 Å². The molecular weight excluding hydrogens is 644 g/mol. The lowest BCUT2D eigenvalue weighted by Crippen LogP contribution is -2.32. The maximum absolute atomic E-state index is 13.2. The number of ether oxygens (including phenoxy) is 1. The number of hydrogen-bond donors (Lipinski definition) is 0. The summed E-state index contributed by atoms with van der Waals surface area (Å²) < 4.78 is 5.51. The SMILES string of the molecule is CC.CC.O=C(Oc1ccc(C(=O)c2ccc(N3C(=O)C4C5C=CC(C5)C4C3=O)cc2)cc1)c1ccc(N2C(=O)C3C4C=CC(C4)C3C2=O)cc1. The molecule has 6 aliphatic rings. The smallest absolute Gasteiger partial charge is 0.343 e. The number of carbonyl (C=O) groups excluding carboxylic acids is 6. The second kappa shape index (κ2) is 13.4. The molecule has 4 bridgehead atoms. The predicted octanol–water partition coefficient (Wildman–Crippen LogP) is 6.81. The summed E-state index contributed by atoms with van der Waals surface area (Å²) in [5.74, 6) is -2.01. The van der Waals surface area contributed by atoms with Gasteiger partial charge in [0.15, 0.2) is 5.78 Å². The van der Waals surface area contributed by atoms with Crippen molar-refractivity contribution in [1.29, 1.82) is 0 Å².